The summed E-state index contributed by atoms with van der Waals surface area (Å²) in [5.41, 5.74) is 7.04. The number of nitrogens with zero attached hydrogens (tertiary/aromatic N) is 3. The molecule has 7 heteroatoms. The standard InChI is InChI=1S/C11H14N4O2S/c1-7-8(6-14(2)13-7)5-9-10(16)15(4-3-12)11(17)18-9/h5-6H,3-4,12H2,1-2H3/b9-5+. The van der Waals surface area contributed by atoms with Crippen LogP contribution in [0.25, 0.3) is 6.08 Å². The first kappa shape index (κ1) is 12.8. The van der Waals surface area contributed by atoms with Crippen molar-refractivity contribution in [3.05, 3.63) is 22.4 Å². The average Bonchev–Trinajstić information content (AvgIpc) is 2.74. The van der Waals surface area contributed by atoms with E-state index in [9.17, 15) is 9.59 Å². The molecule has 0 unspecified atom stereocenters. The van der Waals surface area contributed by atoms with Crippen LogP contribution < -0.4 is 5.73 Å². The molecule has 1 aromatic heterocycles. The predicted molar refractivity (Wildman–Crippen MR) is 69.7 cm³/mol. The van der Waals surface area contributed by atoms with Gasteiger partial charge in [-0.05, 0) is 24.8 Å². The van der Waals surface area contributed by atoms with Crippen LogP contribution in [-0.2, 0) is 11.8 Å². The molecule has 1 fully saturated rings. The van der Waals surface area contributed by atoms with Crippen LogP contribution in [0, 0.1) is 6.92 Å². The quantitative estimate of drug-likeness (QED) is 0.815. The first-order valence-electron chi connectivity index (χ1n) is 5.48. The molecule has 2 amide bonds. The minimum atomic E-state index is -0.279. The lowest BCUT2D eigenvalue weighted by Crippen LogP contribution is -2.33. The monoisotopic (exact) mass is 266 g/mol. The molecule has 0 bridgehead atoms. The Kier molecular flexibility index (Phi) is 3.53. The lowest BCUT2D eigenvalue weighted by Gasteiger charge is -2.09. The van der Waals surface area contributed by atoms with Crippen LogP contribution in [-0.4, -0.2) is 38.9 Å². The molecular formula is C11H14N4O2S. The maximum Gasteiger partial charge on any atom is 0.293 e. The molecule has 96 valence electrons. The highest BCUT2D eigenvalue weighted by Crippen LogP contribution is 2.32. The topological polar surface area (TPSA) is 81.2 Å². The number of nitrogens with two attached hydrogens (primary N) is 1. The Morgan fingerprint density at radius 3 is 2.78 bits per heavy atom. The van der Waals surface area contributed by atoms with Gasteiger partial charge < -0.3 is 5.73 Å². The summed E-state index contributed by atoms with van der Waals surface area (Å²) < 4.78 is 1.67. The lowest BCUT2D eigenvalue weighted by molar-refractivity contribution is -0.122. The fourth-order valence-electron chi connectivity index (χ4n) is 1.72. The zero-order valence-electron chi connectivity index (χ0n) is 10.2. The average molecular weight is 266 g/mol. The van der Waals surface area contributed by atoms with Gasteiger partial charge in [0.2, 0.25) is 0 Å². The molecule has 0 atom stereocenters. The summed E-state index contributed by atoms with van der Waals surface area (Å²) in [6.45, 7) is 2.39. The molecule has 0 radical (unpaired) electrons. The first-order chi connectivity index (χ1) is 8.52. The van der Waals surface area contributed by atoms with Crippen LogP contribution in [0.5, 0.6) is 0 Å². The van der Waals surface area contributed by atoms with E-state index in [1.54, 1.807) is 10.8 Å². The Balaban J connectivity index is 2.27. The van der Waals surface area contributed by atoms with Crippen molar-refractivity contribution in [3.8, 4) is 0 Å². The fraction of sp³-hybridized carbons (Fsp3) is 0.364. The molecule has 2 rings (SSSR count). The molecule has 0 aromatic carbocycles. The summed E-state index contributed by atoms with van der Waals surface area (Å²) >= 11 is 0.940. The van der Waals surface area contributed by atoms with Gasteiger partial charge in [0.1, 0.15) is 0 Å². The molecular weight excluding hydrogens is 252 g/mol. The van der Waals surface area contributed by atoms with Gasteiger partial charge in [0.15, 0.2) is 0 Å². The van der Waals surface area contributed by atoms with E-state index in [0.717, 1.165) is 23.0 Å². The second kappa shape index (κ2) is 4.95. The maximum absolute atomic E-state index is 12.0. The van der Waals surface area contributed by atoms with E-state index in [1.807, 2.05) is 20.2 Å². The number of aromatic nitrogens is 2. The summed E-state index contributed by atoms with van der Waals surface area (Å²) in [7, 11) is 1.81. The largest absolute Gasteiger partial charge is 0.329 e. The Hall–Kier alpha value is -1.60. The zero-order valence-corrected chi connectivity index (χ0v) is 11.0. The Morgan fingerprint density at radius 2 is 2.22 bits per heavy atom. The molecule has 1 aliphatic heterocycles. The Labute approximate surface area is 109 Å². The Morgan fingerprint density at radius 1 is 1.50 bits per heavy atom. The van der Waals surface area contributed by atoms with Crippen LogP contribution in [0.1, 0.15) is 11.3 Å². The number of aryl methyl sites for hydroxylation is 2. The molecule has 2 N–H and O–H groups in total. The molecule has 1 aliphatic rings. The summed E-state index contributed by atoms with van der Waals surface area (Å²) in [6, 6.07) is 0. The molecule has 6 nitrogen and oxygen atoms in total. The van der Waals surface area contributed by atoms with Crippen molar-refractivity contribution >= 4 is 29.0 Å². The minimum absolute atomic E-state index is 0.258. The van der Waals surface area contributed by atoms with Gasteiger partial charge in [0, 0.05) is 31.9 Å². The van der Waals surface area contributed by atoms with Crippen LogP contribution in [0.4, 0.5) is 4.79 Å². The van der Waals surface area contributed by atoms with E-state index >= 15 is 0 Å². The van der Waals surface area contributed by atoms with Crippen molar-refractivity contribution in [2.75, 3.05) is 13.1 Å². The van der Waals surface area contributed by atoms with E-state index < -0.39 is 0 Å². The number of thioether (sulfide) groups is 1. The number of hydrogen-bond acceptors (Lipinski definition) is 5. The highest BCUT2D eigenvalue weighted by Gasteiger charge is 2.34. The second-order valence-electron chi connectivity index (χ2n) is 3.97. The number of carbonyl (C=O) groups is 2. The normalized spacial score (nSPS) is 18.2. The second-order valence-corrected chi connectivity index (χ2v) is 4.96. The van der Waals surface area contributed by atoms with E-state index in [4.69, 9.17) is 5.73 Å². The van der Waals surface area contributed by atoms with Crippen molar-refractivity contribution in [2.24, 2.45) is 12.8 Å². The lowest BCUT2D eigenvalue weighted by atomic mass is 10.2. The predicted octanol–water partition coefficient (Wildman–Crippen LogP) is 0.724. The summed E-state index contributed by atoms with van der Waals surface area (Å²) in [5, 5.41) is 3.92. The number of amides is 2. The van der Waals surface area contributed by atoms with Crippen LogP contribution in [0.15, 0.2) is 11.1 Å². The third-order valence-electron chi connectivity index (χ3n) is 2.56. The maximum atomic E-state index is 12.0. The molecule has 1 saturated heterocycles. The van der Waals surface area contributed by atoms with E-state index in [1.165, 1.54) is 4.90 Å². The number of carbonyl (C=O) groups excluding carboxylic acids is 2. The van der Waals surface area contributed by atoms with E-state index in [0.29, 0.717) is 4.91 Å². The van der Waals surface area contributed by atoms with E-state index in [2.05, 4.69) is 5.10 Å². The smallest absolute Gasteiger partial charge is 0.293 e. The van der Waals surface area contributed by atoms with Crippen molar-refractivity contribution < 1.29 is 9.59 Å². The third kappa shape index (κ3) is 2.32. The SMILES string of the molecule is Cc1nn(C)cc1/C=C1/SC(=O)N(CCN)C1=O. The van der Waals surface area contributed by atoms with Gasteiger partial charge in [-0.2, -0.15) is 5.10 Å². The van der Waals surface area contributed by atoms with Gasteiger partial charge in [0.05, 0.1) is 10.6 Å². The Bertz CT molecular complexity index is 535. The summed E-state index contributed by atoms with van der Waals surface area (Å²) in [6.07, 6.45) is 3.51. The summed E-state index contributed by atoms with van der Waals surface area (Å²) in [5.74, 6) is -0.279. The number of hydrogen-bond donors (Lipinski definition) is 1. The van der Waals surface area contributed by atoms with E-state index in [-0.39, 0.29) is 24.2 Å². The molecule has 0 saturated carbocycles. The van der Waals surface area contributed by atoms with Crippen LogP contribution >= 0.6 is 11.8 Å². The first-order valence-corrected chi connectivity index (χ1v) is 6.30. The number of rotatable bonds is 3. The highest BCUT2D eigenvalue weighted by molar-refractivity contribution is 8.18. The summed E-state index contributed by atoms with van der Waals surface area (Å²) in [4.78, 5) is 25.2. The third-order valence-corrected chi connectivity index (χ3v) is 3.47. The van der Waals surface area contributed by atoms with Crippen LogP contribution in [0.2, 0.25) is 0 Å². The van der Waals surface area contributed by atoms with Gasteiger partial charge in [-0.25, -0.2) is 0 Å². The van der Waals surface area contributed by atoms with Gasteiger partial charge >= 0.3 is 0 Å². The number of imide groups is 1. The molecule has 0 aliphatic carbocycles. The molecule has 0 spiro atoms. The van der Waals surface area contributed by atoms with Crippen molar-refractivity contribution in [1.82, 2.24) is 14.7 Å². The minimum Gasteiger partial charge on any atom is -0.329 e. The van der Waals surface area contributed by atoms with Gasteiger partial charge in [-0.15, -0.1) is 0 Å². The zero-order chi connectivity index (χ0) is 13.3. The van der Waals surface area contributed by atoms with Crippen molar-refractivity contribution in [3.63, 3.8) is 0 Å². The van der Waals surface area contributed by atoms with Gasteiger partial charge in [-0.1, -0.05) is 0 Å². The highest BCUT2D eigenvalue weighted by atomic mass is 32.2. The fourth-order valence-corrected chi connectivity index (χ4v) is 2.58. The van der Waals surface area contributed by atoms with Crippen molar-refractivity contribution in [1.29, 1.82) is 0 Å². The van der Waals surface area contributed by atoms with Crippen LogP contribution in [0.3, 0.4) is 0 Å². The van der Waals surface area contributed by atoms with Gasteiger partial charge in [-0.3, -0.25) is 19.2 Å². The molecule has 18 heavy (non-hydrogen) atoms. The molecule has 1 aromatic rings. The van der Waals surface area contributed by atoms with Crippen molar-refractivity contribution in [2.45, 2.75) is 6.92 Å². The van der Waals surface area contributed by atoms with Gasteiger partial charge in [0.25, 0.3) is 11.1 Å². The molecule has 2 heterocycles.